The van der Waals surface area contributed by atoms with Crippen LogP contribution in [0.15, 0.2) is 42.7 Å². The molecule has 3 nitrogen and oxygen atoms in total. The van der Waals surface area contributed by atoms with Gasteiger partial charge < -0.3 is 5.32 Å². The minimum Gasteiger partial charge on any atom is -0.322 e. The number of benzene rings is 1. The molecule has 1 aromatic carbocycles. The van der Waals surface area contributed by atoms with E-state index in [1.54, 1.807) is 24.3 Å². The minimum atomic E-state index is -0.552. The molecule has 5 heteroatoms. The summed E-state index contributed by atoms with van der Waals surface area (Å²) in [5, 5.41) is 3.11. The fourth-order valence-electron chi connectivity index (χ4n) is 1.31. The fraction of sp³-hybridized carbons (Fsp3) is 0. The first-order valence-electron chi connectivity index (χ1n) is 4.82. The summed E-state index contributed by atoms with van der Waals surface area (Å²) < 4.78 is 12.9. The van der Waals surface area contributed by atoms with Crippen LogP contribution in [0.1, 0.15) is 10.4 Å². The Kier molecular flexibility index (Phi) is 3.35. The maximum absolute atomic E-state index is 12.9. The van der Waals surface area contributed by atoms with E-state index in [0.717, 1.165) is 12.3 Å². The van der Waals surface area contributed by atoms with Crippen LogP contribution in [0.2, 0.25) is 5.02 Å². The maximum Gasteiger partial charge on any atom is 0.257 e. The Hall–Kier alpha value is -1.94. The summed E-state index contributed by atoms with van der Waals surface area (Å²) in [6, 6.07) is 7.82. The Morgan fingerprint density at radius 1 is 1.29 bits per heavy atom. The quantitative estimate of drug-likeness (QED) is 0.890. The second kappa shape index (κ2) is 4.93. The lowest BCUT2D eigenvalue weighted by molar-refractivity contribution is 0.102. The molecule has 0 saturated heterocycles. The molecule has 0 radical (unpaired) electrons. The van der Waals surface area contributed by atoms with Crippen molar-refractivity contribution in [2.75, 3.05) is 5.32 Å². The Bertz CT molecular complexity index is 560. The number of halogens is 2. The molecule has 1 heterocycles. The van der Waals surface area contributed by atoms with Crippen LogP contribution in [-0.2, 0) is 0 Å². The van der Waals surface area contributed by atoms with E-state index < -0.39 is 11.7 Å². The van der Waals surface area contributed by atoms with E-state index >= 15 is 0 Å². The molecule has 2 aromatic rings. The SMILES string of the molecule is O=C(Nc1cccc(Cl)c1)c1cncc(F)c1. The van der Waals surface area contributed by atoms with E-state index in [0.29, 0.717) is 10.7 Å². The molecule has 0 bridgehead atoms. The van der Waals surface area contributed by atoms with Crippen molar-refractivity contribution in [1.29, 1.82) is 0 Å². The summed E-state index contributed by atoms with van der Waals surface area (Å²) in [5.41, 5.74) is 0.705. The smallest absolute Gasteiger partial charge is 0.257 e. The number of amides is 1. The Morgan fingerprint density at radius 3 is 2.82 bits per heavy atom. The molecule has 0 unspecified atom stereocenters. The van der Waals surface area contributed by atoms with E-state index in [1.165, 1.54) is 6.20 Å². The molecule has 0 saturated carbocycles. The third kappa shape index (κ3) is 3.01. The van der Waals surface area contributed by atoms with Gasteiger partial charge in [-0.05, 0) is 24.3 Å². The minimum absolute atomic E-state index is 0.157. The van der Waals surface area contributed by atoms with Gasteiger partial charge in [0.05, 0.1) is 11.8 Å². The average molecular weight is 251 g/mol. The summed E-state index contributed by atoms with van der Waals surface area (Å²) >= 11 is 5.78. The van der Waals surface area contributed by atoms with Gasteiger partial charge in [-0.25, -0.2) is 4.39 Å². The number of hydrogen-bond donors (Lipinski definition) is 1. The topological polar surface area (TPSA) is 42.0 Å². The van der Waals surface area contributed by atoms with Crippen molar-refractivity contribution >= 4 is 23.2 Å². The van der Waals surface area contributed by atoms with Gasteiger partial charge in [0.1, 0.15) is 5.82 Å². The second-order valence-electron chi connectivity index (χ2n) is 3.36. The van der Waals surface area contributed by atoms with Crippen LogP contribution in [0.5, 0.6) is 0 Å². The highest BCUT2D eigenvalue weighted by Crippen LogP contribution is 2.15. The van der Waals surface area contributed by atoms with Gasteiger partial charge in [-0.2, -0.15) is 0 Å². The molecule has 0 atom stereocenters. The first-order chi connectivity index (χ1) is 8.15. The van der Waals surface area contributed by atoms with E-state index in [2.05, 4.69) is 10.3 Å². The highest BCUT2D eigenvalue weighted by Gasteiger charge is 2.07. The average Bonchev–Trinajstić information content (AvgIpc) is 2.29. The van der Waals surface area contributed by atoms with Crippen LogP contribution < -0.4 is 5.32 Å². The van der Waals surface area contributed by atoms with Crippen LogP contribution in [0, 0.1) is 5.82 Å². The Morgan fingerprint density at radius 2 is 2.12 bits per heavy atom. The second-order valence-corrected chi connectivity index (χ2v) is 3.79. The van der Waals surface area contributed by atoms with Gasteiger partial charge in [-0.15, -0.1) is 0 Å². The summed E-state index contributed by atoms with van der Waals surface area (Å²) in [6.07, 6.45) is 2.33. The fourth-order valence-corrected chi connectivity index (χ4v) is 1.50. The molecular weight excluding hydrogens is 243 g/mol. The molecule has 1 aromatic heterocycles. The molecule has 0 aliphatic heterocycles. The monoisotopic (exact) mass is 250 g/mol. The number of pyridine rings is 1. The zero-order valence-corrected chi connectivity index (χ0v) is 9.41. The summed E-state index contributed by atoms with van der Waals surface area (Å²) in [5.74, 6) is -0.983. The van der Waals surface area contributed by atoms with Gasteiger partial charge in [0.25, 0.3) is 5.91 Å². The lowest BCUT2D eigenvalue weighted by atomic mass is 10.2. The van der Waals surface area contributed by atoms with Crippen molar-refractivity contribution in [2.24, 2.45) is 0 Å². The molecule has 0 fully saturated rings. The van der Waals surface area contributed by atoms with Crippen LogP contribution in [-0.4, -0.2) is 10.9 Å². The molecule has 1 N–H and O–H groups in total. The first kappa shape index (κ1) is 11.5. The van der Waals surface area contributed by atoms with E-state index in [1.807, 2.05) is 0 Å². The van der Waals surface area contributed by atoms with Crippen molar-refractivity contribution in [3.05, 3.63) is 59.1 Å². The van der Waals surface area contributed by atoms with Crippen LogP contribution >= 0.6 is 11.6 Å². The van der Waals surface area contributed by atoms with Crippen LogP contribution in [0.25, 0.3) is 0 Å². The molecule has 86 valence electrons. The number of nitrogens with one attached hydrogen (secondary N) is 1. The molecule has 17 heavy (non-hydrogen) atoms. The van der Waals surface area contributed by atoms with Crippen molar-refractivity contribution < 1.29 is 9.18 Å². The lowest BCUT2D eigenvalue weighted by Gasteiger charge is -2.05. The van der Waals surface area contributed by atoms with Crippen molar-refractivity contribution in [1.82, 2.24) is 4.98 Å². The number of aromatic nitrogens is 1. The molecule has 1 amide bonds. The predicted octanol–water partition coefficient (Wildman–Crippen LogP) is 3.13. The standard InChI is InChI=1S/C12H8ClFN2O/c13-9-2-1-3-11(5-9)16-12(17)8-4-10(14)7-15-6-8/h1-7H,(H,16,17). The van der Waals surface area contributed by atoms with Gasteiger partial charge in [0, 0.05) is 16.9 Å². The summed E-state index contributed by atoms with van der Waals surface area (Å²) in [7, 11) is 0. The maximum atomic E-state index is 12.9. The number of rotatable bonds is 2. The van der Waals surface area contributed by atoms with E-state index in [4.69, 9.17) is 11.6 Å². The van der Waals surface area contributed by atoms with Crippen molar-refractivity contribution in [2.45, 2.75) is 0 Å². The number of carbonyl (C=O) groups is 1. The van der Waals surface area contributed by atoms with Gasteiger partial charge in [-0.3, -0.25) is 9.78 Å². The van der Waals surface area contributed by atoms with Gasteiger partial charge >= 0.3 is 0 Å². The van der Waals surface area contributed by atoms with Gasteiger partial charge in [0.2, 0.25) is 0 Å². The van der Waals surface area contributed by atoms with Crippen molar-refractivity contribution in [3.63, 3.8) is 0 Å². The number of carbonyl (C=O) groups excluding carboxylic acids is 1. The molecule has 2 rings (SSSR count). The van der Waals surface area contributed by atoms with E-state index in [9.17, 15) is 9.18 Å². The largest absolute Gasteiger partial charge is 0.322 e. The Balaban J connectivity index is 2.17. The first-order valence-corrected chi connectivity index (χ1v) is 5.20. The van der Waals surface area contributed by atoms with Crippen LogP contribution in [0.4, 0.5) is 10.1 Å². The third-order valence-corrected chi connectivity index (χ3v) is 2.28. The number of anilines is 1. The highest BCUT2D eigenvalue weighted by atomic mass is 35.5. The van der Waals surface area contributed by atoms with Crippen molar-refractivity contribution in [3.8, 4) is 0 Å². The molecular formula is C12H8ClFN2O. The lowest BCUT2D eigenvalue weighted by Crippen LogP contribution is -2.12. The van der Waals surface area contributed by atoms with E-state index in [-0.39, 0.29) is 5.56 Å². The predicted molar refractivity (Wildman–Crippen MR) is 63.6 cm³/mol. The molecule has 0 aliphatic rings. The van der Waals surface area contributed by atoms with Gasteiger partial charge in [-0.1, -0.05) is 17.7 Å². The molecule has 0 spiro atoms. The third-order valence-electron chi connectivity index (χ3n) is 2.05. The number of nitrogens with zero attached hydrogens (tertiary/aromatic N) is 1. The molecule has 0 aliphatic carbocycles. The van der Waals surface area contributed by atoms with Gasteiger partial charge in [0.15, 0.2) is 0 Å². The number of hydrogen-bond acceptors (Lipinski definition) is 2. The summed E-state index contributed by atoms with van der Waals surface area (Å²) in [4.78, 5) is 15.3. The van der Waals surface area contributed by atoms with Crippen LogP contribution in [0.3, 0.4) is 0 Å². The Labute approximate surface area is 102 Å². The summed E-state index contributed by atoms with van der Waals surface area (Å²) in [6.45, 7) is 0. The zero-order valence-electron chi connectivity index (χ0n) is 8.65. The highest BCUT2D eigenvalue weighted by molar-refractivity contribution is 6.30. The zero-order chi connectivity index (χ0) is 12.3. The normalized spacial score (nSPS) is 10.0.